The predicted molar refractivity (Wildman–Crippen MR) is 93.3 cm³/mol. The molecule has 0 bridgehead atoms. The van der Waals surface area contributed by atoms with Crippen molar-refractivity contribution in [1.82, 2.24) is 0 Å². The summed E-state index contributed by atoms with van der Waals surface area (Å²) < 4.78 is 12.0. The maximum atomic E-state index is 12.6. The predicted octanol–water partition coefficient (Wildman–Crippen LogP) is 4.88. The monoisotopic (exact) mass is 341 g/mol. The SMILES string of the molecule is CC1(C)OC(=O)N(c2ccc(Cl)cc2)C12C=Cc1ccccc1O2. The Balaban J connectivity index is 1.87. The van der Waals surface area contributed by atoms with Crippen molar-refractivity contribution in [2.24, 2.45) is 0 Å². The number of amides is 1. The zero-order valence-corrected chi connectivity index (χ0v) is 14.1. The highest BCUT2D eigenvalue weighted by Gasteiger charge is 2.63. The van der Waals surface area contributed by atoms with Gasteiger partial charge in [-0.3, -0.25) is 0 Å². The van der Waals surface area contributed by atoms with E-state index in [-0.39, 0.29) is 0 Å². The number of carbonyl (C=O) groups is 1. The van der Waals surface area contributed by atoms with Crippen LogP contribution in [-0.4, -0.2) is 17.4 Å². The summed E-state index contributed by atoms with van der Waals surface area (Å²) in [6.45, 7) is 3.69. The lowest BCUT2D eigenvalue weighted by Gasteiger charge is -2.42. The Labute approximate surface area is 145 Å². The number of ether oxygens (including phenoxy) is 2. The molecule has 2 aliphatic rings. The minimum absolute atomic E-state index is 0.452. The van der Waals surface area contributed by atoms with Gasteiger partial charge in [0.05, 0.1) is 5.69 Å². The van der Waals surface area contributed by atoms with Crippen LogP contribution in [0, 0.1) is 0 Å². The van der Waals surface area contributed by atoms with Gasteiger partial charge in [0.1, 0.15) is 5.75 Å². The molecule has 1 spiro atoms. The summed E-state index contributed by atoms with van der Waals surface area (Å²) in [5, 5.41) is 0.602. The third-order valence-corrected chi connectivity index (χ3v) is 4.73. The number of benzene rings is 2. The molecule has 5 heteroatoms. The first-order chi connectivity index (χ1) is 11.4. The summed E-state index contributed by atoms with van der Waals surface area (Å²) >= 11 is 5.98. The number of hydrogen-bond donors (Lipinski definition) is 0. The summed E-state index contributed by atoms with van der Waals surface area (Å²) in [6, 6.07) is 14.8. The molecular formula is C19H16ClNO3. The molecule has 2 aliphatic heterocycles. The van der Waals surface area contributed by atoms with E-state index in [1.807, 2.05) is 50.3 Å². The molecule has 122 valence electrons. The van der Waals surface area contributed by atoms with Gasteiger partial charge in [-0.1, -0.05) is 29.8 Å². The molecule has 1 fully saturated rings. The molecule has 24 heavy (non-hydrogen) atoms. The fourth-order valence-corrected chi connectivity index (χ4v) is 3.31. The molecular weight excluding hydrogens is 326 g/mol. The number of cyclic esters (lactones) is 1. The molecule has 2 aromatic carbocycles. The number of para-hydroxylation sites is 1. The molecule has 2 heterocycles. The second kappa shape index (κ2) is 5.02. The molecule has 0 saturated carbocycles. The van der Waals surface area contributed by atoms with Gasteiger partial charge in [-0.25, -0.2) is 9.69 Å². The minimum atomic E-state index is -1.06. The standard InChI is InChI=1S/C19H16ClNO3/c1-18(2)19(12-11-13-5-3-4-6-16(13)23-19)21(17(22)24-18)15-9-7-14(20)8-10-15/h3-12H,1-2H3. The average molecular weight is 342 g/mol. The average Bonchev–Trinajstić information content (AvgIpc) is 2.74. The van der Waals surface area contributed by atoms with E-state index in [1.54, 1.807) is 24.3 Å². The zero-order chi connectivity index (χ0) is 16.9. The number of anilines is 1. The Kier molecular flexibility index (Phi) is 3.15. The van der Waals surface area contributed by atoms with Gasteiger partial charge in [0.2, 0.25) is 0 Å². The highest BCUT2D eigenvalue weighted by atomic mass is 35.5. The second-order valence-corrected chi connectivity index (χ2v) is 6.80. The van der Waals surface area contributed by atoms with Gasteiger partial charge in [0, 0.05) is 10.6 Å². The normalized spacial score (nSPS) is 23.8. The fraction of sp³-hybridized carbons (Fsp3) is 0.211. The van der Waals surface area contributed by atoms with Crippen molar-refractivity contribution < 1.29 is 14.3 Å². The highest BCUT2D eigenvalue weighted by Crippen LogP contribution is 2.47. The van der Waals surface area contributed by atoms with Gasteiger partial charge < -0.3 is 9.47 Å². The van der Waals surface area contributed by atoms with Crippen LogP contribution in [0.5, 0.6) is 5.75 Å². The first-order valence-corrected chi connectivity index (χ1v) is 8.07. The summed E-state index contributed by atoms with van der Waals surface area (Å²) in [4.78, 5) is 14.2. The van der Waals surface area contributed by atoms with Crippen LogP contribution >= 0.6 is 11.6 Å². The highest BCUT2D eigenvalue weighted by molar-refractivity contribution is 6.30. The summed E-state index contributed by atoms with van der Waals surface area (Å²) in [6.07, 6.45) is 3.40. The van der Waals surface area contributed by atoms with Gasteiger partial charge in [-0.15, -0.1) is 0 Å². The zero-order valence-electron chi connectivity index (χ0n) is 13.3. The van der Waals surface area contributed by atoms with Gasteiger partial charge in [-0.2, -0.15) is 0 Å². The van der Waals surface area contributed by atoms with Crippen molar-refractivity contribution >= 4 is 29.5 Å². The number of rotatable bonds is 1. The molecule has 0 aliphatic carbocycles. The van der Waals surface area contributed by atoms with E-state index in [1.165, 1.54) is 4.90 Å². The number of fused-ring (bicyclic) bond motifs is 1. The maximum Gasteiger partial charge on any atom is 0.418 e. The molecule has 4 rings (SSSR count). The number of carbonyl (C=O) groups excluding carboxylic acids is 1. The topological polar surface area (TPSA) is 38.8 Å². The van der Waals surface area contributed by atoms with Crippen molar-refractivity contribution in [2.45, 2.75) is 25.2 Å². The van der Waals surface area contributed by atoms with Gasteiger partial charge in [0.25, 0.3) is 5.72 Å². The Morgan fingerprint density at radius 1 is 1.00 bits per heavy atom. The third-order valence-electron chi connectivity index (χ3n) is 4.48. The maximum absolute atomic E-state index is 12.6. The molecule has 2 aromatic rings. The van der Waals surface area contributed by atoms with E-state index in [0.717, 1.165) is 5.56 Å². The third kappa shape index (κ3) is 2.03. The molecule has 1 atom stereocenters. The molecule has 0 radical (unpaired) electrons. The molecule has 1 saturated heterocycles. The Bertz CT molecular complexity index is 844. The quantitative estimate of drug-likeness (QED) is 0.742. The van der Waals surface area contributed by atoms with E-state index >= 15 is 0 Å². The van der Waals surface area contributed by atoms with Crippen molar-refractivity contribution in [3.63, 3.8) is 0 Å². The van der Waals surface area contributed by atoms with Gasteiger partial charge in [0.15, 0.2) is 5.60 Å². The summed E-state index contributed by atoms with van der Waals surface area (Å²) in [5.74, 6) is 0.713. The second-order valence-electron chi connectivity index (χ2n) is 6.36. The van der Waals surface area contributed by atoms with E-state index in [9.17, 15) is 4.79 Å². The number of hydrogen-bond acceptors (Lipinski definition) is 3. The largest absolute Gasteiger partial charge is 0.459 e. The first kappa shape index (κ1) is 15.1. The van der Waals surface area contributed by atoms with E-state index < -0.39 is 17.4 Å². The van der Waals surface area contributed by atoms with Crippen LogP contribution in [0.3, 0.4) is 0 Å². The van der Waals surface area contributed by atoms with Crippen molar-refractivity contribution in [1.29, 1.82) is 0 Å². The molecule has 0 aromatic heterocycles. The van der Waals surface area contributed by atoms with Crippen molar-refractivity contribution in [3.8, 4) is 5.75 Å². The van der Waals surface area contributed by atoms with Crippen molar-refractivity contribution in [3.05, 3.63) is 65.2 Å². The van der Waals surface area contributed by atoms with Gasteiger partial charge in [-0.05, 0) is 56.3 Å². The fourth-order valence-electron chi connectivity index (χ4n) is 3.19. The van der Waals surface area contributed by atoms with Crippen LogP contribution in [0.2, 0.25) is 5.02 Å². The lowest BCUT2D eigenvalue weighted by Crippen LogP contribution is -2.60. The van der Waals surface area contributed by atoms with Crippen LogP contribution in [0.4, 0.5) is 10.5 Å². The molecule has 4 nitrogen and oxygen atoms in total. The summed E-state index contributed by atoms with van der Waals surface area (Å²) in [5.41, 5.74) is -0.298. The van der Waals surface area contributed by atoms with Crippen LogP contribution in [-0.2, 0) is 4.74 Å². The van der Waals surface area contributed by atoms with Crippen LogP contribution in [0.1, 0.15) is 19.4 Å². The lowest BCUT2D eigenvalue weighted by atomic mass is 9.90. The van der Waals surface area contributed by atoms with Crippen LogP contribution in [0.25, 0.3) is 6.08 Å². The van der Waals surface area contributed by atoms with Crippen LogP contribution < -0.4 is 9.64 Å². The molecule has 1 unspecified atom stereocenters. The Morgan fingerprint density at radius 3 is 2.46 bits per heavy atom. The van der Waals surface area contributed by atoms with E-state index in [4.69, 9.17) is 21.1 Å². The number of halogens is 1. The first-order valence-electron chi connectivity index (χ1n) is 7.69. The van der Waals surface area contributed by atoms with E-state index in [0.29, 0.717) is 16.5 Å². The number of nitrogens with zero attached hydrogens (tertiary/aromatic N) is 1. The smallest absolute Gasteiger partial charge is 0.418 e. The molecule has 1 amide bonds. The summed E-state index contributed by atoms with van der Waals surface area (Å²) in [7, 11) is 0. The van der Waals surface area contributed by atoms with E-state index in [2.05, 4.69) is 0 Å². The molecule has 0 N–H and O–H groups in total. The van der Waals surface area contributed by atoms with Gasteiger partial charge >= 0.3 is 6.09 Å². The lowest BCUT2D eigenvalue weighted by molar-refractivity contribution is -0.0379. The van der Waals surface area contributed by atoms with Crippen molar-refractivity contribution in [2.75, 3.05) is 4.90 Å². The Hall–Kier alpha value is -2.46. The Morgan fingerprint density at radius 2 is 1.71 bits per heavy atom. The minimum Gasteiger partial charge on any atom is -0.459 e. The van der Waals surface area contributed by atoms with Crippen LogP contribution in [0.15, 0.2) is 54.6 Å².